The molecule has 96 valence electrons. The van der Waals surface area contributed by atoms with Gasteiger partial charge in [-0.1, -0.05) is 18.2 Å². The zero-order chi connectivity index (χ0) is 13.7. The molecule has 0 spiro atoms. The minimum atomic E-state index is -0.963. The van der Waals surface area contributed by atoms with Gasteiger partial charge in [0.2, 0.25) is 0 Å². The summed E-state index contributed by atoms with van der Waals surface area (Å²) in [4.78, 5) is 20.5. The van der Waals surface area contributed by atoms with E-state index in [0.29, 0.717) is 5.58 Å². The number of fused-ring (bicyclic) bond motifs is 1. The molecule has 1 aromatic heterocycles. The number of nitrogens with two attached hydrogens (primary N) is 2. The molecule has 1 atom stereocenters. The summed E-state index contributed by atoms with van der Waals surface area (Å²) in [5, 5.41) is 8.71. The lowest BCUT2D eigenvalue weighted by Crippen LogP contribution is -2.25. The van der Waals surface area contributed by atoms with Gasteiger partial charge in [-0.2, -0.15) is 0 Å². The third-order valence-electron chi connectivity index (χ3n) is 2.06. The molecule has 5 N–H and O–H groups in total. The van der Waals surface area contributed by atoms with E-state index in [1.165, 1.54) is 6.92 Å². The Hall–Kier alpha value is -2.34. The lowest BCUT2D eigenvalue weighted by atomic mass is 10.2. The van der Waals surface area contributed by atoms with E-state index in [1.807, 2.05) is 18.2 Å². The van der Waals surface area contributed by atoms with Crippen molar-refractivity contribution in [1.82, 2.24) is 0 Å². The maximum Gasteiger partial charge on any atom is 0.359 e. The number of anilines is 1. The topological polar surface area (TPSA) is 120 Å². The first-order valence-corrected chi connectivity index (χ1v) is 5.18. The Bertz CT molecular complexity index is 604. The van der Waals surface area contributed by atoms with E-state index >= 15 is 0 Å². The Morgan fingerprint density at radius 3 is 2.50 bits per heavy atom. The maximum atomic E-state index is 10.9. The summed E-state index contributed by atoms with van der Waals surface area (Å²) in [6, 6.07) is 8.12. The molecule has 2 rings (SSSR count). The van der Waals surface area contributed by atoms with Crippen molar-refractivity contribution in [2.24, 2.45) is 5.73 Å². The summed E-state index contributed by atoms with van der Waals surface area (Å²) < 4.78 is 4.91. The quantitative estimate of drug-likeness (QED) is 0.644. The number of hydrogen-bond acceptors (Lipinski definition) is 5. The Morgan fingerprint density at radius 2 is 1.94 bits per heavy atom. The molecule has 0 bridgehead atoms. The number of carboxylic acid groups (broad SMARTS) is 1. The molecule has 0 aliphatic carbocycles. The van der Waals surface area contributed by atoms with Crippen molar-refractivity contribution >= 4 is 22.6 Å². The van der Waals surface area contributed by atoms with Crippen molar-refractivity contribution in [2.45, 2.75) is 13.0 Å². The SMILES string of the molecule is C[C@H](N)C(=O)O.Nc1cc2ccccc2oc1=O. The second-order valence-electron chi connectivity index (χ2n) is 3.65. The molecule has 0 unspecified atom stereocenters. The zero-order valence-corrected chi connectivity index (χ0v) is 9.79. The molecule has 0 fully saturated rings. The standard InChI is InChI=1S/C9H7NO2.C3H7NO2/c10-7-5-6-3-1-2-4-8(6)12-9(7)11;1-2(4)3(5)6/h1-5H,10H2;2H,4H2,1H3,(H,5,6)/t;2-/m.0/s1. The van der Waals surface area contributed by atoms with Gasteiger partial charge in [-0.3, -0.25) is 4.79 Å². The van der Waals surface area contributed by atoms with Crippen LogP contribution < -0.4 is 17.1 Å². The fraction of sp³-hybridized carbons (Fsp3) is 0.167. The summed E-state index contributed by atoms with van der Waals surface area (Å²) in [6.45, 7) is 1.42. The summed E-state index contributed by atoms with van der Waals surface area (Å²) in [7, 11) is 0. The van der Waals surface area contributed by atoms with Crippen molar-refractivity contribution in [3.63, 3.8) is 0 Å². The van der Waals surface area contributed by atoms with Crippen LogP contribution in [0.4, 0.5) is 5.69 Å². The fourth-order valence-electron chi connectivity index (χ4n) is 1.08. The van der Waals surface area contributed by atoms with E-state index in [1.54, 1.807) is 12.1 Å². The molecule has 0 amide bonds. The number of benzene rings is 1. The highest BCUT2D eigenvalue weighted by Gasteiger charge is 1.99. The molecule has 6 heteroatoms. The molecular weight excluding hydrogens is 236 g/mol. The van der Waals surface area contributed by atoms with E-state index in [-0.39, 0.29) is 5.69 Å². The van der Waals surface area contributed by atoms with Crippen molar-refractivity contribution in [3.8, 4) is 0 Å². The number of hydrogen-bond donors (Lipinski definition) is 3. The van der Waals surface area contributed by atoms with Crippen LogP contribution in [0.1, 0.15) is 6.92 Å². The number of aliphatic carboxylic acids is 1. The third-order valence-corrected chi connectivity index (χ3v) is 2.06. The van der Waals surface area contributed by atoms with Gasteiger partial charge in [0.1, 0.15) is 17.3 Å². The number of nitrogen functional groups attached to an aromatic ring is 1. The molecule has 0 radical (unpaired) electrons. The van der Waals surface area contributed by atoms with Gasteiger partial charge in [0.15, 0.2) is 0 Å². The zero-order valence-electron chi connectivity index (χ0n) is 9.79. The van der Waals surface area contributed by atoms with Crippen molar-refractivity contribution in [1.29, 1.82) is 0 Å². The molecule has 18 heavy (non-hydrogen) atoms. The van der Waals surface area contributed by atoms with E-state index in [4.69, 9.17) is 21.0 Å². The van der Waals surface area contributed by atoms with E-state index < -0.39 is 17.6 Å². The predicted octanol–water partition coefficient (Wildman–Crippen LogP) is 0.793. The molecule has 0 aliphatic rings. The largest absolute Gasteiger partial charge is 0.480 e. The van der Waals surface area contributed by atoms with Crippen LogP contribution in [0.5, 0.6) is 0 Å². The first-order valence-electron chi connectivity index (χ1n) is 5.18. The molecule has 0 aliphatic heterocycles. The summed E-state index contributed by atoms with van der Waals surface area (Å²) >= 11 is 0. The van der Waals surface area contributed by atoms with Gasteiger partial charge >= 0.3 is 11.6 Å². The van der Waals surface area contributed by atoms with Crippen LogP contribution in [-0.4, -0.2) is 17.1 Å². The van der Waals surface area contributed by atoms with Gasteiger partial charge in [-0.15, -0.1) is 0 Å². The minimum Gasteiger partial charge on any atom is -0.480 e. The second kappa shape index (κ2) is 5.83. The Balaban J connectivity index is 0.000000232. The van der Waals surface area contributed by atoms with Gasteiger partial charge in [-0.25, -0.2) is 4.79 Å². The predicted molar refractivity (Wildman–Crippen MR) is 68.2 cm³/mol. The summed E-state index contributed by atoms with van der Waals surface area (Å²) in [6.07, 6.45) is 0. The second-order valence-corrected chi connectivity index (χ2v) is 3.65. The maximum absolute atomic E-state index is 10.9. The van der Waals surface area contributed by atoms with Gasteiger partial charge in [0.25, 0.3) is 0 Å². The smallest absolute Gasteiger partial charge is 0.359 e. The molecular formula is C12H14N2O4. The molecule has 1 heterocycles. The highest BCUT2D eigenvalue weighted by atomic mass is 16.4. The van der Waals surface area contributed by atoms with E-state index in [2.05, 4.69) is 0 Å². The van der Waals surface area contributed by atoms with Gasteiger partial charge in [-0.05, 0) is 19.1 Å². The first kappa shape index (κ1) is 13.7. The number of para-hydroxylation sites is 1. The lowest BCUT2D eigenvalue weighted by molar-refractivity contribution is -0.138. The normalized spacial score (nSPS) is 11.4. The monoisotopic (exact) mass is 250 g/mol. The van der Waals surface area contributed by atoms with Crippen molar-refractivity contribution in [3.05, 3.63) is 40.8 Å². The van der Waals surface area contributed by atoms with Gasteiger partial charge in [0.05, 0.1) is 0 Å². The molecule has 0 saturated carbocycles. The van der Waals surface area contributed by atoms with Crippen molar-refractivity contribution < 1.29 is 14.3 Å². The number of carbonyl (C=O) groups is 1. The summed E-state index contributed by atoms with van der Waals surface area (Å²) in [5.74, 6) is -0.963. The van der Waals surface area contributed by atoms with Crippen LogP contribution in [0.3, 0.4) is 0 Å². The number of rotatable bonds is 1. The van der Waals surface area contributed by atoms with E-state index in [9.17, 15) is 9.59 Å². The summed E-state index contributed by atoms with van der Waals surface area (Å²) in [5.41, 5.74) is 10.5. The van der Waals surface area contributed by atoms with E-state index in [0.717, 1.165) is 5.39 Å². The average molecular weight is 250 g/mol. The highest BCUT2D eigenvalue weighted by Crippen LogP contribution is 2.12. The van der Waals surface area contributed by atoms with Crippen LogP contribution >= 0.6 is 0 Å². The Kier molecular flexibility index (Phi) is 4.45. The molecule has 1 aromatic carbocycles. The van der Waals surface area contributed by atoms with Crippen LogP contribution in [0.2, 0.25) is 0 Å². The van der Waals surface area contributed by atoms with Gasteiger partial charge < -0.3 is 21.0 Å². The highest BCUT2D eigenvalue weighted by molar-refractivity contribution is 5.78. The van der Waals surface area contributed by atoms with Crippen LogP contribution in [0, 0.1) is 0 Å². The number of carboxylic acids is 1. The van der Waals surface area contributed by atoms with Crippen LogP contribution in [0.25, 0.3) is 11.0 Å². The molecule has 6 nitrogen and oxygen atoms in total. The van der Waals surface area contributed by atoms with Crippen LogP contribution in [0.15, 0.2) is 39.5 Å². The fourth-order valence-corrected chi connectivity index (χ4v) is 1.08. The van der Waals surface area contributed by atoms with Crippen molar-refractivity contribution in [2.75, 3.05) is 5.73 Å². The average Bonchev–Trinajstić information content (AvgIpc) is 2.31. The Labute approximate surface area is 103 Å². The molecule has 2 aromatic rings. The lowest BCUT2D eigenvalue weighted by Gasteiger charge is -1.95. The Morgan fingerprint density at radius 1 is 1.39 bits per heavy atom. The molecule has 0 saturated heterocycles. The third kappa shape index (κ3) is 3.60. The van der Waals surface area contributed by atoms with Gasteiger partial charge in [0, 0.05) is 5.39 Å². The first-order chi connectivity index (χ1) is 8.41. The minimum absolute atomic E-state index is 0.147. The van der Waals surface area contributed by atoms with Crippen LogP contribution in [-0.2, 0) is 4.79 Å².